The molecule has 0 N–H and O–H groups in total. The molecule has 1 saturated heterocycles. The largest absolute Gasteiger partial charge is 0.380 e. The molecule has 1 aromatic carbocycles. The lowest BCUT2D eigenvalue weighted by molar-refractivity contribution is 0.0921. The number of benzene rings is 1. The van der Waals surface area contributed by atoms with Crippen molar-refractivity contribution in [1.29, 1.82) is 0 Å². The fourth-order valence-corrected chi connectivity index (χ4v) is 2.37. The summed E-state index contributed by atoms with van der Waals surface area (Å²) < 4.78 is 5.40. The molecule has 0 bridgehead atoms. The van der Waals surface area contributed by atoms with Crippen LogP contribution in [0.1, 0.15) is 27.9 Å². The van der Waals surface area contributed by atoms with Crippen LogP contribution in [0.3, 0.4) is 0 Å². The van der Waals surface area contributed by atoms with Gasteiger partial charge in [-0.05, 0) is 25.8 Å². The summed E-state index contributed by atoms with van der Waals surface area (Å²) in [5, 5.41) is 0. The van der Waals surface area contributed by atoms with Gasteiger partial charge in [0.2, 0.25) is 0 Å². The molecule has 1 heterocycles. The molecule has 1 aromatic rings. The van der Waals surface area contributed by atoms with Crippen molar-refractivity contribution in [2.24, 2.45) is 0 Å². The second kappa shape index (κ2) is 6.12. The number of aryl methyl sites for hydroxylation is 2. The molecule has 1 aliphatic heterocycles. The van der Waals surface area contributed by atoms with E-state index in [0.717, 1.165) is 43.9 Å². The molecule has 3 heteroatoms. The minimum absolute atomic E-state index is 0.217. The Labute approximate surface area is 109 Å². The summed E-state index contributed by atoms with van der Waals surface area (Å²) in [6, 6.07) is 6.02. The number of hydrogen-bond acceptors (Lipinski definition) is 3. The number of carbonyl (C=O) groups excluding carboxylic acids is 1. The Morgan fingerprint density at radius 2 is 2.11 bits per heavy atom. The molecular formula is C15H21NO2. The molecule has 0 aromatic heterocycles. The van der Waals surface area contributed by atoms with Crippen LogP contribution >= 0.6 is 0 Å². The van der Waals surface area contributed by atoms with E-state index in [1.54, 1.807) is 0 Å². The predicted octanol–water partition coefficient (Wildman–Crippen LogP) is 2.21. The number of hydrogen-bond donors (Lipinski definition) is 0. The van der Waals surface area contributed by atoms with Crippen LogP contribution < -0.4 is 0 Å². The van der Waals surface area contributed by atoms with Gasteiger partial charge in [-0.25, -0.2) is 0 Å². The molecular weight excluding hydrogens is 226 g/mol. The third-order valence-electron chi connectivity index (χ3n) is 3.36. The van der Waals surface area contributed by atoms with Gasteiger partial charge in [0.1, 0.15) is 0 Å². The first kappa shape index (κ1) is 13.2. The second-order valence-electron chi connectivity index (χ2n) is 4.98. The molecule has 98 valence electrons. The maximum Gasteiger partial charge on any atom is 0.177 e. The third kappa shape index (κ3) is 3.40. The molecule has 0 radical (unpaired) electrons. The molecule has 3 nitrogen and oxygen atoms in total. The lowest BCUT2D eigenvalue weighted by atomic mass is 10.0. The maximum atomic E-state index is 12.3. The van der Waals surface area contributed by atoms with E-state index in [4.69, 9.17) is 4.74 Å². The van der Waals surface area contributed by atoms with E-state index in [1.165, 1.54) is 5.56 Å². The highest BCUT2D eigenvalue weighted by Gasteiger charge is 2.15. The van der Waals surface area contributed by atoms with Gasteiger partial charge in [-0.2, -0.15) is 0 Å². The van der Waals surface area contributed by atoms with Crippen LogP contribution in [0, 0.1) is 13.8 Å². The number of ketones is 1. The Morgan fingerprint density at radius 1 is 1.28 bits per heavy atom. The molecule has 18 heavy (non-hydrogen) atoms. The molecule has 2 rings (SSSR count). The van der Waals surface area contributed by atoms with Gasteiger partial charge in [-0.3, -0.25) is 9.69 Å². The molecule has 1 fully saturated rings. The van der Waals surface area contributed by atoms with Crippen molar-refractivity contribution in [2.75, 3.05) is 32.8 Å². The first-order valence-corrected chi connectivity index (χ1v) is 6.57. The summed E-state index contributed by atoms with van der Waals surface area (Å²) >= 11 is 0. The Hall–Kier alpha value is -1.19. The number of Topliss-reactive ketones (excluding diaryl/α,β-unsaturated/α-hetero) is 1. The van der Waals surface area contributed by atoms with Crippen LogP contribution in [0.4, 0.5) is 0 Å². The number of nitrogens with zero attached hydrogens (tertiary/aromatic N) is 1. The molecule has 0 amide bonds. The highest BCUT2D eigenvalue weighted by molar-refractivity contribution is 5.98. The topological polar surface area (TPSA) is 29.5 Å². The zero-order valence-electron chi connectivity index (χ0n) is 11.2. The summed E-state index contributed by atoms with van der Waals surface area (Å²) in [6.45, 7) is 7.92. The standard InChI is InChI=1S/C15H21NO2/c1-12-4-5-14(13(2)10-12)15(17)11-16-6-3-8-18-9-7-16/h4-5,10H,3,6-9,11H2,1-2H3. The quantitative estimate of drug-likeness (QED) is 0.767. The fourth-order valence-electron chi connectivity index (χ4n) is 2.37. The SMILES string of the molecule is Cc1ccc(C(=O)CN2CCCOCC2)c(C)c1. The van der Waals surface area contributed by atoms with E-state index in [1.807, 2.05) is 26.0 Å². The van der Waals surface area contributed by atoms with Crippen LogP contribution in [-0.2, 0) is 4.74 Å². The Kier molecular flexibility index (Phi) is 4.50. The van der Waals surface area contributed by atoms with Crippen LogP contribution in [0.2, 0.25) is 0 Å². The minimum atomic E-state index is 0.217. The first-order chi connectivity index (χ1) is 8.66. The van der Waals surface area contributed by atoms with Crippen molar-refractivity contribution in [3.05, 3.63) is 34.9 Å². The Bertz CT molecular complexity index is 421. The van der Waals surface area contributed by atoms with Gasteiger partial charge in [-0.1, -0.05) is 23.8 Å². The highest BCUT2D eigenvalue weighted by Crippen LogP contribution is 2.12. The predicted molar refractivity (Wildman–Crippen MR) is 72.1 cm³/mol. The van der Waals surface area contributed by atoms with E-state index in [0.29, 0.717) is 6.54 Å². The zero-order valence-corrected chi connectivity index (χ0v) is 11.2. The minimum Gasteiger partial charge on any atom is -0.380 e. The van der Waals surface area contributed by atoms with E-state index in [2.05, 4.69) is 11.0 Å². The van der Waals surface area contributed by atoms with Gasteiger partial charge < -0.3 is 4.74 Å². The zero-order chi connectivity index (χ0) is 13.0. The summed E-state index contributed by atoms with van der Waals surface area (Å²) in [7, 11) is 0. The van der Waals surface area contributed by atoms with Crippen LogP contribution in [0.5, 0.6) is 0 Å². The van der Waals surface area contributed by atoms with Gasteiger partial charge in [0, 0.05) is 25.3 Å². The maximum absolute atomic E-state index is 12.3. The van der Waals surface area contributed by atoms with Crippen molar-refractivity contribution < 1.29 is 9.53 Å². The van der Waals surface area contributed by atoms with Crippen LogP contribution in [0.15, 0.2) is 18.2 Å². The van der Waals surface area contributed by atoms with Crippen molar-refractivity contribution in [3.8, 4) is 0 Å². The van der Waals surface area contributed by atoms with Crippen molar-refractivity contribution in [2.45, 2.75) is 20.3 Å². The lowest BCUT2D eigenvalue weighted by Gasteiger charge is -2.18. The fraction of sp³-hybridized carbons (Fsp3) is 0.533. The smallest absolute Gasteiger partial charge is 0.177 e. The number of carbonyl (C=O) groups is 1. The second-order valence-corrected chi connectivity index (χ2v) is 4.98. The van der Waals surface area contributed by atoms with Crippen molar-refractivity contribution in [1.82, 2.24) is 4.90 Å². The lowest BCUT2D eigenvalue weighted by Crippen LogP contribution is -2.32. The van der Waals surface area contributed by atoms with Gasteiger partial charge in [-0.15, -0.1) is 0 Å². The number of rotatable bonds is 3. The van der Waals surface area contributed by atoms with Gasteiger partial charge in [0.05, 0.1) is 13.2 Å². The van der Waals surface area contributed by atoms with Crippen LogP contribution in [-0.4, -0.2) is 43.5 Å². The molecule has 0 saturated carbocycles. The summed E-state index contributed by atoms with van der Waals surface area (Å²) in [5.74, 6) is 0.217. The van der Waals surface area contributed by atoms with Crippen molar-refractivity contribution >= 4 is 5.78 Å². The summed E-state index contributed by atoms with van der Waals surface area (Å²) in [5.41, 5.74) is 3.13. The van der Waals surface area contributed by atoms with Crippen LogP contribution in [0.25, 0.3) is 0 Å². The highest BCUT2D eigenvalue weighted by atomic mass is 16.5. The molecule has 0 unspecified atom stereocenters. The summed E-state index contributed by atoms with van der Waals surface area (Å²) in [4.78, 5) is 14.5. The molecule has 0 aliphatic carbocycles. The average Bonchev–Trinajstić information content (AvgIpc) is 2.57. The van der Waals surface area contributed by atoms with E-state index >= 15 is 0 Å². The van der Waals surface area contributed by atoms with E-state index in [9.17, 15) is 4.79 Å². The summed E-state index contributed by atoms with van der Waals surface area (Å²) in [6.07, 6.45) is 1.01. The van der Waals surface area contributed by atoms with Crippen molar-refractivity contribution in [3.63, 3.8) is 0 Å². The Morgan fingerprint density at radius 3 is 2.89 bits per heavy atom. The van der Waals surface area contributed by atoms with E-state index < -0.39 is 0 Å². The third-order valence-corrected chi connectivity index (χ3v) is 3.36. The Balaban J connectivity index is 2.02. The number of ether oxygens (including phenoxy) is 1. The van der Waals surface area contributed by atoms with Gasteiger partial charge >= 0.3 is 0 Å². The van der Waals surface area contributed by atoms with Gasteiger partial charge in [0.25, 0.3) is 0 Å². The molecule has 0 spiro atoms. The monoisotopic (exact) mass is 247 g/mol. The average molecular weight is 247 g/mol. The molecule has 0 atom stereocenters. The van der Waals surface area contributed by atoms with E-state index in [-0.39, 0.29) is 5.78 Å². The van der Waals surface area contributed by atoms with Gasteiger partial charge in [0.15, 0.2) is 5.78 Å². The normalized spacial score (nSPS) is 17.4. The molecule has 1 aliphatic rings. The first-order valence-electron chi connectivity index (χ1n) is 6.57.